The van der Waals surface area contributed by atoms with Gasteiger partial charge in [-0.15, -0.1) is 11.8 Å². The van der Waals surface area contributed by atoms with E-state index >= 15 is 0 Å². The zero-order valence-corrected chi connectivity index (χ0v) is 16.8. The van der Waals surface area contributed by atoms with Crippen LogP contribution in [0.2, 0.25) is 0 Å². The normalized spacial score (nSPS) is 14.4. The topological polar surface area (TPSA) is 90.5 Å². The molecule has 1 saturated heterocycles. The van der Waals surface area contributed by atoms with Crippen molar-refractivity contribution in [3.05, 3.63) is 75.3 Å². The van der Waals surface area contributed by atoms with E-state index in [2.05, 4.69) is 11.0 Å². The van der Waals surface area contributed by atoms with Crippen molar-refractivity contribution in [2.24, 2.45) is 0 Å². The highest BCUT2D eigenvalue weighted by atomic mass is 32.2. The Hall–Kier alpha value is -2.89. The van der Waals surface area contributed by atoms with E-state index in [1.807, 2.05) is 23.1 Å². The number of nitro benzene ring substituents is 1. The molecule has 2 aromatic carbocycles. The van der Waals surface area contributed by atoms with E-state index in [4.69, 9.17) is 5.26 Å². The molecule has 0 bridgehead atoms. The molecule has 1 fully saturated rings. The summed E-state index contributed by atoms with van der Waals surface area (Å²) in [7, 11) is 0. The second-order valence-electron chi connectivity index (χ2n) is 6.89. The minimum atomic E-state index is -0.379. The van der Waals surface area contributed by atoms with E-state index < -0.39 is 0 Å². The molecule has 1 aliphatic rings. The van der Waals surface area contributed by atoms with Crippen LogP contribution in [0.1, 0.15) is 16.7 Å². The zero-order valence-electron chi connectivity index (χ0n) is 16.0. The van der Waals surface area contributed by atoms with E-state index in [1.54, 1.807) is 36.0 Å². The van der Waals surface area contributed by atoms with Gasteiger partial charge in [0.05, 0.1) is 22.3 Å². The molecule has 0 radical (unpaired) electrons. The zero-order chi connectivity index (χ0) is 20.6. The van der Waals surface area contributed by atoms with E-state index in [0.717, 1.165) is 30.0 Å². The fourth-order valence-electron chi connectivity index (χ4n) is 3.20. The molecule has 1 heterocycles. The summed E-state index contributed by atoms with van der Waals surface area (Å²) in [5.41, 5.74) is 2.76. The van der Waals surface area contributed by atoms with Crippen molar-refractivity contribution in [2.75, 3.05) is 31.9 Å². The first-order valence-corrected chi connectivity index (χ1v) is 10.5. The van der Waals surface area contributed by atoms with E-state index in [0.29, 0.717) is 31.0 Å². The van der Waals surface area contributed by atoms with Gasteiger partial charge in [-0.25, -0.2) is 0 Å². The van der Waals surface area contributed by atoms with Crippen LogP contribution in [0.15, 0.2) is 48.5 Å². The number of hydrogen-bond acceptors (Lipinski definition) is 6. The lowest BCUT2D eigenvalue weighted by atomic mass is 10.1. The molecule has 29 heavy (non-hydrogen) atoms. The van der Waals surface area contributed by atoms with Gasteiger partial charge in [0.1, 0.15) is 0 Å². The molecule has 2 aromatic rings. The average Bonchev–Trinajstić information content (AvgIpc) is 2.75. The number of nitrogens with zero attached hydrogens (tertiary/aromatic N) is 4. The fourth-order valence-corrected chi connectivity index (χ4v) is 4.09. The molecule has 3 rings (SSSR count). The van der Waals surface area contributed by atoms with Gasteiger partial charge in [-0.05, 0) is 23.3 Å². The van der Waals surface area contributed by atoms with Crippen molar-refractivity contribution in [2.45, 2.75) is 12.3 Å². The average molecular weight is 410 g/mol. The summed E-state index contributed by atoms with van der Waals surface area (Å²) in [6, 6.07) is 16.2. The lowest BCUT2D eigenvalue weighted by molar-refractivity contribution is -0.384. The Morgan fingerprint density at radius 3 is 2.48 bits per heavy atom. The van der Waals surface area contributed by atoms with Crippen LogP contribution in [0.25, 0.3) is 0 Å². The highest BCUT2D eigenvalue weighted by Gasteiger charge is 2.21. The number of nitriles is 1. The quantitative estimate of drug-likeness (QED) is 0.515. The van der Waals surface area contributed by atoms with Gasteiger partial charge in [-0.2, -0.15) is 5.26 Å². The Kier molecular flexibility index (Phi) is 7.22. The molecule has 1 amide bonds. The molecule has 1 aliphatic heterocycles. The van der Waals surface area contributed by atoms with Crippen molar-refractivity contribution in [3.8, 4) is 6.07 Å². The first-order valence-electron chi connectivity index (χ1n) is 9.35. The molecule has 0 aromatic heterocycles. The number of hydrogen-bond donors (Lipinski definition) is 0. The second kappa shape index (κ2) is 10.0. The lowest BCUT2D eigenvalue weighted by Gasteiger charge is -2.34. The molecule has 0 spiro atoms. The number of piperazine rings is 1. The van der Waals surface area contributed by atoms with Crippen molar-refractivity contribution >= 4 is 23.4 Å². The number of rotatable bonds is 7. The molecule has 0 N–H and O–H groups in total. The predicted octanol–water partition coefficient (Wildman–Crippen LogP) is 3.04. The second-order valence-corrected chi connectivity index (χ2v) is 7.87. The minimum absolute atomic E-state index is 0.107. The van der Waals surface area contributed by atoms with Gasteiger partial charge in [0.15, 0.2) is 0 Å². The largest absolute Gasteiger partial charge is 0.339 e. The third-order valence-corrected chi connectivity index (χ3v) is 5.82. The maximum absolute atomic E-state index is 12.4. The third-order valence-electron chi connectivity index (χ3n) is 4.83. The van der Waals surface area contributed by atoms with Crippen LogP contribution in [0, 0.1) is 21.4 Å². The van der Waals surface area contributed by atoms with Crippen molar-refractivity contribution in [1.29, 1.82) is 5.26 Å². The minimum Gasteiger partial charge on any atom is -0.339 e. The fraction of sp³-hybridized carbons (Fsp3) is 0.333. The molecule has 0 aliphatic carbocycles. The van der Waals surface area contributed by atoms with Crippen LogP contribution in [0.3, 0.4) is 0 Å². The van der Waals surface area contributed by atoms with Crippen molar-refractivity contribution in [3.63, 3.8) is 0 Å². The van der Waals surface area contributed by atoms with Gasteiger partial charge in [0, 0.05) is 50.6 Å². The summed E-state index contributed by atoms with van der Waals surface area (Å²) in [5.74, 6) is 1.31. The van der Waals surface area contributed by atoms with Gasteiger partial charge >= 0.3 is 0 Å². The van der Waals surface area contributed by atoms with E-state index in [-0.39, 0.29) is 16.5 Å². The maximum atomic E-state index is 12.4. The van der Waals surface area contributed by atoms with Crippen LogP contribution in [0.5, 0.6) is 0 Å². The Morgan fingerprint density at radius 1 is 1.10 bits per heavy atom. The first-order chi connectivity index (χ1) is 14.0. The lowest BCUT2D eigenvalue weighted by Crippen LogP contribution is -2.48. The van der Waals surface area contributed by atoms with Gasteiger partial charge < -0.3 is 4.90 Å². The molecule has 7 nitrogen and oxygen atoms in total. The van der Waals surface area contributed by atoms with Gasteiger partial charge in [0.2, 0.25) is 5.91 Å². The summed E-state index contributed by atoms with van der Waals surface area (Å²) >= 11 is 1.58. The van der Waals surface area contributed by atoms with Crippen LogP contribution >= 0.6 is 11.8 Å². The Morgan fingerprint density at radius 2 is 1.83 bits per heavy atom. The summed E-state index contributed by atoms with van der Waals surface area (Å²) in [5, 5.41) is 19.7. The smallest absolute Gasteiger partial charge is 0.269 e. The number of nitro groups is 1. The summed E-state index contributed by atoms with van der Waals surface area (Å²) in [6.07, 6.45) is 0. The van der Waals surface area contributed by atoms with Gasteiger partial charge in [0.25, 0.3) is 5.69 Å². The van der Waals surface area contributed by atoms with Crippen LogP contribution in [-0.4, -0.2) is 52.6 Å². The number of amides is 1. The Labute approximate surface area is 174 Å². The molecule has 150 valence electrons. The molecule has 8 heteroatoms. The van der Waals surface area contributed by atoms with E-state index in [1.165, 1.54) is 6.07 Å². The van der Waals surface area contributed by atoms with Gasteiger partial charge in [-0.1, -0.05) is 24.3 Å². The highest BCUT2D eigenvalue weighted by Crippen LogP contribution is 2.17. The summed E-state index contributed by atoms with van der Waals surface area (Å²) in [4.78, 5) is 27.1. The SMILES string of the molecule is N#Cc1ccc(CSCC(=O)N2CCN(Cc3cccc([N+](=O)[O-])c3)CC2)cc1. The molecule has 0 atom stereocenters. The number of non-ortho nitro benzene ring substituents is 1. The monoisotopic (exact) mass is 410 g/mol. The summed E-state index contributed by atoms with van der Waals surface area (Å²) < 4.78 is 0. The maximum Gasteiger partial charge on any atom is 0.269 e. The van der Waals surface area contributed by atoms with Crippen molar-refractivity contribution in [1.82, 2.24) is 9.80 Å². The predicted molar refractivity (Wildman–Crippen MR) is 112 cm³/mol. The van der Waals surface area contributed by atoms with Gasteiger partial charge in [-0.3, -0.25) is 19.8 Å². The molecule has 0 unspecified atom stereocenters. The molecular formula is C21H22N4O3S. The standard InChI is InChI=1S/C21H22N4O3S/c22-13-17-4-6-18(7-5-17)15-29-16-21(26)24-10-8-23(9-11-24)14-19-2-1-3-20(12-19)25(27)28/h1-7,12H,8-11,14-16H2. The molecule has 0 saturated carbocycles. The number of carbonyl (C=O) groups is 1. The first kappa shape index (κ1) is 20.8. The van der Waals surface area contributed by atoms with Crippen LogP contribution < -0.4 is 0 Å². The summed E-state index contributed by atoms with van der Waals surface area (Å²) in [6.45, 7) is 3.51. The molecular weight excluding hydrogens is 388 g/mol. The van der Waals surface area contributed by atoms with Crippen LogP contribution in [-0.2, 0) is 17.1 Å². The Bertz CT molecular complexity index is 903. The highest BCUT2D eigenvalue weighted by molar-refractivity contribution is 7.99. The van der Waals surface area contributed by atoms with Crippen LogP contribution in [0.4, 0.5) is 5.69 Å². The number of benzene rings is 2. The number of carbonyl (C=O) groups excluding carboxylic acids is 1. The third kappa shape index (κ3) is 6.04. The Balaban J connectivity index is 1.40. The van der Waals surface area contributed by atoms with E-state index in [9.17, 15) is 14.9 Å². The number of thioether (sulfide) groups is 1. The van der Waals surface area contributed by atoms with Crippen molar-refractivity contribution < 1.29 is 9.72 Å².